The fourth-order valence-corrected chi connectivity index (χ4v) is 2.38. The van der Waals surface area contributed by atoms with E-state index in [4.69, 9.17) is 9.42 Å². The van der Waals surface area contributed by atoms with Crippen molar-refractivity contribution >= 4 is 8.25 Å². The fourth-order valence-electron chi connectivity index (χ4n) is 2.15. The maximum absolute atomic E-state index is 10.6. The van der Waals surface area contributed by atoms with E-state index in [-0.39, 0.29) is 6.61 Å². The van der Waals surface area contributed by atoms with Crippen LogP contribution in [0.1, 0.15) is 11.1 Å². The molecule has 0 spiro atoms. The van der Waals surface area contributed by atoms with E-state index in [2.05, 4.69) is 24.3 Å². The lowest BCUT2D eigenvalue weighted by Crippen LogP contribution is -1.97. The molecule has 0 heterocycles. The molecule has 1 unspecified atom stereocenters. The second kappa shape index (κ2) is 8.58. The molecule has 0 saturated carbocycles. The summed E-state index contributed by atoms with van der Waals surface area (Å²) in [5.41, 5.74) is 3.61. The molecule has 0 aliphatic heterocycles. The van der Waals surface area contributed by atoms with Gasteiger partial charge in [-0.15, -0.1) is 0 Å². The van der Waals surface area contributed by atoms with Crippen LogP contribution in [0.15, 0.2) is 72.3 Å². The molecule has 2 aromatic rings. The average molecular weight is 302 g/mol. The molecule has 4 heteroatoms. The minimum absolute atomic E-state index is 0.170. The quantitative estimate of drug-likeness (QED) is 0.625. The van der Waals surface area contributed by atoms with Crippen molar-refractivity contribution in [3.63, 3.8) is 0 Å². The van der Waals surface area contributed by atoms with Crippen molar-refractivity contribution in [1.29, 1.82) is 0 Å². The van der Waals surface area contributed by atoms with E-state index >= 15 is 0 Å². The zero-order chi connectivity index (χ0) is 14.9. The van der Waals surface area contributed by atoms with Gasteiger partial charge in [-0.25, -0.2) is 0 Å². The second-order valence-corrected chi connectivity index (χ2v) is 5.58. The molecule has 0 aliphatic rings. The van der Waals surface area contributed by atoms with Gasteiger partial charge >= 0.3 is 8.25 Å². The van der Waals surface area contributed by atoms with Gasteiger partial charge < -0.3 is 9.42 Å². The van der Waals surface area contributed by atoms with Gasteiger partial charge in [0.25, 0.3) is 0 Å². The van der Waals surface area contributed by atoms with E-state index in [0.29, 0.717) is 0 Å². The van der Waals surface area contributed by atoms with E-state index in [0.717, 1.165) is 12.8 Å². The minimum Gasteiger partial charge on any atom is -0.326 e. The molecule has 110 valence electrons. The highest BCUT2D eigenvalue weighted by atomic mass is 31.1. The van der Waals surface area contributed by atoms with Gasteiger partial charge in [0.05, 0.1) is 6.61 Å². The van der Waals surface area contributed by atoms with Gasteiger partial charge in [0.1, 0.15) is 0 Å². The Morgan fingerprint density at radius 3 is 1.86 bits per heavy atom. The van der Waals surface area contributed by atoms with Crippen molar-refractivity contribution < 1.29 is 14.0 Å². The van der Waals surface area contributed by atoms with Crippen molar-refractivity contribution in [2.45, 2.75) is 12.8 Å². The van der Waals surface area contributed by atoms with Crippen LogP contribution in [0, 0.1) is 0 Å². The molecule has 21 heavy (non-hydrogen) atoms. The predicted octanol–water partition coefficient (Wildman–Crippen LogP) is 3.80. The molecule has 0 amide bonds. The highest BCUT2D eigenvalue weighted by Crippen LogP contribution is 2.17. The lowest BCUT2D eigenvalue weighted by Gasteiger charge is -2.09. The largest absolute Gasteiger partial charge is 0.326 e. The highest BCUT2D eigenvalue weighted by molar-refractivity contribution is 7.32. The summed E-state index contributed by atoms with van der Waals surface area (Å²) in [5.74, 6) is 0. The lowest BCUT2D eigenvalue weighted by molar-refractivity contribution is 0.312. The third-order valence-corrected chi connectivity index (χ3v) is 3.54. The smallest absolute Gasteiger partial charge is 0.316 e. The molecule has 3 nitrogen and oxygen atoms in total. The van der Waals surface area contributed by atoms with Gasteiger partial charge in [-0.1, -0.05) is 72.3 Å². The molecule has 1 N–H and O–H groups in total. The summed E-state index contributed by atoms with van der Waals surface area (Å²) in [4.78, 5) is 8.74. The van der Waals surface area contributed by atoms with Crippen LogP contribution in [0.3, 0.4) is 0 Å². The van der Waals surface area contributed by atoms with Crippen molar-refractivity contribution in [2.24, 2.45) is 0 Å². The summed E-state index contributed by atoms with van der Waals surface area (Å²) in [6.07, 6.45) is 3.52. The molecule has 0 aromatic heterocycles. The topological polar surface area (TPSA) is 46.5 Å². The molecular weight excluding hydrogens is 283 g/mol. The summed E-state index contributed by atoms with van der Waals surface area (Å²) < 4.78 is 15.4. The molecular formula is C17H19O3P. The van der Waals surface area contributed by atoms with Gasteiger partial charge in [-0.2, -0.15) is 0 Å². The molecule has 2 rings (SSSR count). The van der Waals surface area contributed by atoms with Crippen molar-refractivity contribution in [1.82, 2.24) is 0 Å². The van der Waals surface area contributed by atoms with Crippen molar-refractivity contribution in [3.05, 3.63) is 83.4 Å². The normalized spacial score (nSPS) is 11.9. The van der Waals surface area contributed by atoms with Crippen LogP contribution >= 0.6 is 8.25 Å². The minimum atomic E-state index is -2.87. The first kappa shape index (κ1) is 15.7. The van der Waals surface area contributed by atoms with Gasteiger partial charge in [0, 0.05) is 0 Å². The van der Waals surface area contributed by atoms with Crippen LogP contribution in [0.2, 0.25) is 0 Å². The molecule has 0 saturated heterocycles. The maximum Gasteiger partial charge on any atom is 0.316 e. The Labute approximate surface area is 125 Å². The average Bonchev–Trinajstić information content (AvgIpc) is 2.49. The monoisotopic (exact) mass is 302 g/mol. The van der Waals surface area contributed by atoms with Crippen LogP contribution in [0.25, 0.3) is 0 Å². The number of hydrogen-bond acceptors (Lipinski definition) is 2. The highest BCUT2D eigenvalue weighted by Gasteiger charge is 2.02. The zero-order valence-electron chi connectivity index (χ0n) is 11.7. The third-order valence-electron chi connectivity index (χ3n) is 3.13. The Bertz CT molecular complexity index is 550. The zero-order valence-corrected chi connectivity index (χ0v) is 12.7. The first-order chi connectivity index (χ1) is 10.2. The molecule has 0 radical (unpaired) electrons. The van der Waals surface area contributed by atoms with E-state index in [9.17, 15) is 4.57 Å². The molecule has 2 aromatic carbocycles. The maximum atomic E-state index is 10.6. The second-order valence-electron chi connectivity index (χ2n) is 4.76. The van der Waals surface area contributed by atoms with E-state index in [1.807, 2.05) is 42.5 Å². The molecule has 0 bridgehead atoms. The van der Waals surface area contributed by atoms with E-state index < -0.39 is 8.25 Å². The number of benzene rings is 2. The van der Waals surface area contributed by atoms with Gasteiger partial charge in [-0.3, -0.25) is 4.57 Å². The third kappa shape index (κ3) is 6.09. The summed E-state index contributed by atoms with van der Waals surface area (Å²) in [6.45, 7) is 0.170. The van der Waals surface area contributed by atoms with Crippen LogP contribution in [-0.2, 0) is 21.9 Å². The fraction of sp³-hybridized carbons (Fsp3) is 0.176. The summed E-state index contributed by atoms with van der Waals surface area (Å²) in [7, 11) is -2.87. The van der Waals surface area contributed by atoms with Crippen LogP contribution in [0.5, 0.6) is 0 Å². The SMILES string of the molecule is O=[PH](O)OCC=C(Cc1ccccc1)Cc1ccccc1. The summed E-state index contributed by atoms with van der Waals surface area (Å²) >= 11 is 0. The van der Waals surface area contributed by atoms with Gasteiger partial charge in [0.15, 0.2) is 0 Å². The summed E-state index contributed by atoms with van der Waals surface area (Å²) in [5, 5.41) is 0. The Balaban J connectivity index is 2.08. The first-order valence-electron chi connectivity index (χ1n) is 6.85. The molecule has 0 fully saturated rings. The predicted molar refractivity (Wildman–Crippen MR) is 85.5 cm³/mol. The van der Waals surface area contributed by atoms with E-state index in [1.165, 1.54) is 16.7 Å². The van der Waals surface area contributed by atoms with Crippen LogP contribution < -0.4 is 0 Å². The van der Waals surface area contributed by atoms with Gasteiger partial charge in [-0.05, 0) is 24.0 Å². The summed E-state index contributed by atoms with van der Waals surface area (Å²) in [6, 6.07) is 20.3. The van der Waals surface area contributed by atoms with Gasteiger partial charge in [0.2, 0.25) is 0 Å². The Hall–Kier alpha value is -1.67. The Kier molecular flexibility index (Phi) is 6.42. The number of rotatable bonds is 7. The van der Waals surface area contributed by atoms with Crippen LogP contribution in [-0.4, -0.2) is 11.5 Å². The number of allylic oxidation sites excluding steroid dienone is 1. The van der Waals surface area contributed by atoms with E-state index in [1.54, 1.807) is 0 Å². The Morgan fingerprint density at radius 1 is 0.952 bits per heavy atom. The number of hydrogen-bond donors (Lipinski definition) is 1. The molecule has 1 atom stereocenters. The standard InChI is InChI=1S/C17H19O3P/c18-21(19)20-12-11-17(13-15-7-3-1-4-8-15)14-16-9-5-2-6-10-16/h1-11,21H,12-14H2,(H,18,19). The Morgan fingerprint density at radius 2 is 1.43 bits per heavy atom. The van der Waals surface area contributed by atoms with Crippen LogP contribution in [0.4, 0.5) is 0 Å². The van der Waals surface area contributed by atoms with Crippen molar-refractivity contribution in [3.8, 4) is 0 Å². The molecule has 0 aliphatic carbocycles. The van der Waals surface area contributed by atoms with Crippen molar-refractivity contribution in [2.75, 3.05) is 6.61 Å². The lowest BCUT2D eigenvalue weighted by atomic mass is 9.98. The first-order valence-corrected chi connectivity index (χ1v) is 8.12.